The second-order valence-corrected chi connectivity index (χ2v) is 7.99. The van der Waals surface area contributed by atoms with Crippen LogP contribution in [0.1, 0.15) is 30.6 Å². The first-order valence-electron chi connectivity index (χ1n) is 9.08. The van der Waals surface area contributed by atoms with E-state index in [0.29, 0.717) is 34.0 Å². The standard InChI is InChI=1S/C20H22BrN3O5S/c1-12(2)8-9-29-17-7-4-13(10-15(17)21)19(25)23-20(30)22-16-6-5-14(24(26)27)11-18(16)28-3/h4-7,10-12H,8-9H2,1-3H3,(H2,22,23,25,30). The number of amides is 1. The smallest absolute Gasteiger partial charge is 0.273 e. The van der Waals surface area contributed by atoms with Crippen molar-refractivity contribution in [1.29, 1.82) is 0 Å². The van der Waals surface area contributed by atoms with Crippen molar-refractivity contribution >= 4 is 50.5 Å². The number of carbonyl (C=O) groups excluding carboxylic acids is 1. The number of nitrogens with one attached hydrogen (secondary N) is 2. The molecule has 8 nitrogen and oxygen atoms in total. The monoisotopic (exact) mass is 495 g/mol. The van der Waals surface area contributed by atoms with Gasteiger partial charge in [-0.05, 0) is 64.8 Å². The molecule has 0 saturated heterocycles. The van der Waals surface area contributed by atoms with E-state index in [4.69, 9.17) is 21.7 Å². The number of anilines is 1. The minimum atomic E-state index is -0.527. The number of halogens is 1. The van der Waals surface area contributed by atoms with Gasteiger partial charge in [0, 0.05) is 11.6 Å². The van der Waals surface area contributed by atoms with Gasteiger partial charge in [-0.3, -0.25) is 20.2 Å². The molecule has 2 aromatic carbocycles. The average Bonchev–Trinajstić information content (AvgIpc) is 2.68. The molecule has 1 amide bonds. The van der Waals surface area contributed by atoms with Gasteiger partial charge in [-0.25, -0.2) is 0 Å². The van der Waals surface area contributed by atoms with Gasteiger partial charge < -0.3 is 14.8 Å². The van der Waals surface area contributed by atoms with Crippen LogP contribution in [0.5, 0.6) is 11.5 Å². The zero-order chi connectivity index (χ0) is 22.3. The van der Waals surface area contributed by atoms with Gasteiger partial charge >= 0.3 is 0 Å². The number of non-ortho nitro benzene ring substituents is 1. The lowest BCUT2D eigenvalue weighted by molar-refractivity contribution is -0.384. The number of carbonyl (C=O) groups is 1. The predicted molar refractivity (Wildman–Crippen MR) is 122 cm³/mol. The lowest BCUT2D eigenvalue weighted by Crippen LogP contribution is -2.34. The SMILES string of the molecule is COc1cc([N+](=O)[O-])ccc1NC(=S)NC(=O)c1ccc(OCCC(C)C)c(Br)c1. The minimum Gasteiger partial charge on any atom is -0.494 e. The van der Waals surface area contributed by atoms with E-state index in [-0.39, 0.29) is 16.5 Å². The normalized spacial score (nSPS) is 10.4. The van der Waals surface area contributed by atoms with Crippen LogP contribution in [0, 0.1) is 16.0 Å². The molecule has 30 heavy (non-hydrogen) atoms. The Morgan fingerprint density at radius 1 is 1.23 bits per heavy atom. The van der Waals surface area contributed by atoms with Crippen LogP contribution in [0.25, 0.3) is 0 Å². The average molecular weight is 496 g/mol. The van der Waals surface area contributed by atoms with Crippen LogP contribution in [-0.4, -0.2) is 29.7 Å². The Morgan fingerprint density at radius 3 is 2.57 bits per heavy atom. The van der Waals surface area contributed by atoms with Crippen LogP contribution in [0.3, 0.4) is 0 Å². The number of benzene rings is 2. The van der Waals surface area contributed by atoms with Crippen molar-refractivity contribution in [3.05, 3.63) is 56.5 Å². The third kappa shape index (κ3) is 6.67. The summed E-state index contributed by atoms with van der Waals surface area (Å²) in [6, 6.07) is 9.03. The molecule has 0 spiro atoms. The van der Waals surface area contributed by atoms with Crippen molar-refractivity contribution in [3.8, 4) is 11.5 Å². The Kier molecular flexibility index (Phi) is 8.55. The summed E-state index contributed by atoms with van der Waals surface area (Å²) in [5, 5.41) is 16.3. The van der Waals surface area contributed by atoms with Crippen LogP contribution in [-0.2, 0) is 0 Å². The zero-order valence-electron chi connectivity index (χ0n) is 16.7. The van der Waals surface area contributed by atoms with Crippen LogP contribution >= 0.6 is 28.1 Å². The molecule has 2 aromatic rings. The van der Waals surface area contributed by atoms with Crippen molar-refractivity contribution in [2.75, 3.05) is 19.0 Å². The van der Waals surface area contributed by atoms with Gasteiger partial charge in [-0.15, -0.1) is 0 Å². The lowest BCUT2D eigenvalue weighted by atomic mass is 10.1. The maximum absolute atomic E-state index is 12.5. The molecule has 0 aliphatic rings. The largest absolute Gasteiger partial charge is 0.494 e. The molecule has 2 rings (SSSR count). The Hall–Kier alpha value is -2.72. The fraction of sp³-hybridized carbons (Fsp3) is 0.300. The van der Waals surface area contributed by atoms with E-state index >= 15 is 0 Å². The minimum absolute atomic E-state index is 0.0283. The van der Waals surface area contributed by atoms with Crippen LogP contribution < -0.4 is 20.1 Å². The highest BCUT2D eigenvalue weighted by molar-refractivity contribution is 9.10. The van der Waals surface area contributed by atoms with Gasteiger partial charge in [-0.2, -0.15) is 0 Å². The van der Waals surface area contributed by atoms with E-state index in [0.717, 1.165) is 6.42 Å². The molecule has 0 aliphatic heterocycles. The van der Waals surface area contributed by atoms with E-state index in [2.05, 4.69) is 40.4 Å². The highest BCUT2D eigenvalue weighted by atomic mass is 79.9. The quantitative estimate of drug-likeness (QED) is 0.304. The zero-order valence-corrected chi connectivity index (χ0v) is 19.1. The van der Waals surface area contributed by atoms with Crippen molar-refractivity contribution in [3.63, 3.8) is 0 Å². The first-order valence-corrected chi connectivity index (χ1v) is 10.3. The van der Waals surface area contributed by atoms with Crippen molar-refractivity contribution in [1.82, 2.24) is 5.32 Å². The van der Waals surface area contributed by atoms with Gasteiger partial charge in [0.1, 0.15) is 11.5 Å². The first kappa shape index (κ1) is 23.6. The maximum Gasteiger partial charge on any atom is 0.273 e. The number of nitro benzene ring substituents is 1. The molecule has 0 atom stereocenters. The molecule has 0 heterocycles. The van der Waals surface area contributed by atoms with Crippen LogP contribution in [0.2, 0.25) is 0 Å². The van der Waals surface area contributed by atoms with Crippen LogP contribution in [0.15, 0.2) is 40.9 Å². The number of methoxy groups -OCH3 is 1. The van der Waals surface area contributed by atoms with Gasteiger partial charge in [0.2, 0.25) is 0 Å². The van der Waals surface area contributed by atoms with Gasteiger partial charge in [0.05, 0.1) is 34.9 Å². The molecule has 0 bridgehead atoms. The fourth-order valence-corrected chi connectivity index (χ4v) is 3.09. The molecule has 0 aliphatic carbocycles. The third-order valence-corrected chi connectivity index (χ3v) is 4.84. The molecular weight excluding hydrogens is 474 g/mol. The molecule has 0 radical (unpaired) electrons. The number of rotatable bonds is 8. The molecule has 0 saturated carbocycles. The number of nitrogens with zero attached hydrogens (tertiary/aromatic N) is 1. The summed E-state index contributed by atoms with van der Waals surface area (Å²) in [6.07, 6.45) is 0.931. The van der Waals surface area contributed by atoms with E-state index in [1.807, 2.05) is 0 Å². The summed E-state index contributed by atoms with van der Waals surface area (Å²) in [7, 11) is 1.38. The van der Waals surface area contributed by atoms with E-state index in [1.165, 1.54) is 25.3 Å². The molecular formula is C20H22BrN3O5S. The Morgan fingerprint density at radius 2 is 1.97 bits per heavy atom. The summed E-state index contributed by atoms with van der Waals surface area (Å²) >= 11 is 8.59. The van der Waals surface area contributed by atoms with Gasteiger partial charge in [-0.1, -0.05) is 13.8 Å². The van der Waals surface area contributed by atoms with Crippen LogP contribution in [0.4, 0.5) is 11.4 Å². The van der Waals surface area contributed by atoms with Gasteiger partial charge in [0.25, 0.3) is 11.6 Å². The molecule has 160 valence electrons. The maximum atomic E-state index is 12.5. The first-order chi connectivity index (χ1) is 14.2. The number of hydrogen-bond acceptors (Lipinski definition) is 6. The molecule has 2 N–H and O–H groups in total. The molecule has 0 aromatic heterocycles. The van der Waals surface area contributed by atoms with E-state index < -0.39 is 10.8 Å². The fourth-order valence-electron chi connectivity index (χ4n) is 2.39. The highest BCUT2D eigenvalue weighted by Crippen LogP contribution is 2.29. The summed E-state index contributed by atoms with van der Waals surface area (Å²) in [4.78, 5) is 22.8. The Labute approximate surface area is 188 Å². The van der Waals surface area contributed by atoms with Gasteiger partial charge in [0.15, 0.2) is 5.11 Å². The third-order valence-electron chi connectivity index (χ3n) is 4.02. The number of nitro groups is 1. The van der Waals surface area contributed by atoms with Crippen molar-refractivity contribution in [2.24, 2.45) is 5.92 Å². The summed E-state index contributed by atoms with van der Waals surface area (Å²) in [6.45, 7) is 4.83. The lowest BCUT2D eigenvalue weighted by Gasteiger charge is -2.13. The summed E-state index contributed by atoms with van der Waals surface area (Å²) < 4.78 is 11.5. The van der Waals surface area contributed by atoms with Crippen molar-refractivity contribution in [2.45, 2.75) is 20.3 Å². The number of hydrogen-bond donors (Lipinski definition) is 2. The second-order valence-electron chi connectivity index (χ2n) is 6.73. The Bertz CT molecular complexity index is 952. The Balaban J connectivity index is 2.01. The summed E-state index contributed by atoms with van der Waals surface area (Å²) in [5.74, 6) is 1.01. The second kappa shape index (κ2) is 10.9. The highest BCUT2D eigenvalue weighted by Gasteiger charge is 2.15. The van der Waals surface area contributed by atoms with E-state index in [1.54, 1.807) is 18.2 Å². The predicted octanol–water partition coefficient (Wildman–Crippen LogP) is 4.92. The summed E-state index contributed by atoms with van der Waals surface area (Å²) in [5.41, 5.74) is 0.661. The molecule has 0 unspecified atom stereocenters. The number of ether oxygens (including phenoxy) is 2. The topological polar surface area (TPSA) is 103 Å². The molecule has 10 heteroatoms. The van der Waals surface area contributed by atoms with Crippen molar-refractivity contribution < 1.29 is 19.2 Å². The molecule has 0 fully saturated rings. The van der Waals surface area contributed by atoms with E-state index in [9.17, 15) is 14.9 Å². The number of thiocarbonyl (C=S) groups is 1.